The fourth-order valence-corrected chi connectivity index (χ4v) is 2.50. The summed E-state index contributed by atoms with van der Waals surface area (Å²) < 4.78 is 0. The fourth-order valence-electron chi connectivity index (χ4n) is 2.50. The third-order valence-electron chi connectivity index (χ3n) is 4.05. The van der Waals surface area contributed by atoms with Gasteiger partial charge in [-0.2, -0.15) is 4.98 Å². The van der Waals surface area contributed by atoms with Gasteiger partial charge in [-0.1, -0.05) is 6.92 Å². The smallest absolute Gasteiger partial charge is 0.227 e. The van der Waals surface area contributed by atoms with Crippen LogP contribution in [-0.4, -0.2) is 52.2 Å². The molecular weight excluding hydrogens is 290 g/mol. The largest absolute Gasteiger partial charge is 0.367 e. The third-order valence-corrected chi connectivity index (χ3v) is 4.05. The molecule has 122 valence electrons. The van der Waals surface area contributed by atoms with Crippen LogP contribution in [0.4, 0.5) is 17.7 Å². The maximum absolute atomic E-state index is 4.64. The highest BCUT2D eigenvalue weighted by Crippen LogP contribution is 2.16. The average molecular weight is 313 g/mol. The van der Waals surface area contributed by atoms with Gasteiger partial charge in [0, 0.05) is 50.8 Å². The standard InChI is InChI=1S/C16H23N7/c1-3-13(2)20-14-5-8-19-16(21-14)23-11-9-22(10-12-23)15-17-6-4-7-18-15/h4-8,13H,3,9-12H2,1-2H3,(H,19,20,21). The fraction of sp³-hybridized carbons (Fsp3) is 0.500. The van der Waals surface area contributed by atoms with Crippen LogP contribution in [0.1, 0.15) is 20.3 Å². The lowest BCUT2D eigenvalue weighted by atomic mass is 10.2. The summed E-state index contributed by atoms with van der Waals surface area (Å²) in [7, 11) is 0. The summed E-state index contributed by atoms with van der Waals surface area (Å²) in [5, 5.41) is 3.40. The Balaban J connectivity index is 1.62. The molecule has 1 saturated heterocycles. The van der Waals surface area contributed by atoms with Crippen LogP contribution >= 0.6 is 0 Å². The first-order chi connectivity index (χ1) is 11.3. The summed E-state index contributed by atoms with van der Waals surface area (Å²) in [6, 6.07) is 4.16. The van der Waals surface area contributed by atoms with Gasteiger partial charge in [-0.05, 0) is 25.5 Å². The zero-order chi connectivity index (χ0) is 16.1. The molecule has 2 aromatic rings. The van der Waals surface area contributed by atoms with Crippen molar-refractivity contribution >= 4 is 17.7 Å². The van der Waals surface area contributed by atoms with E-state index in [0.717, 1.165) is 50.3 Å². The Morgan fingerprint density at radius 3 is 2.26 bits per heavy atom. The zero-order valence-corrected chi connectivity index (χ0v) is 13.7. The predicted molar refractivity (Wildman–Crippen MR) is 91.9 cm³/mol. The maximum atomic E-state index is 4.64. The Kier molecular flexibility index (Phi) is 4.85. The summed E-state index contributed by atoms with van der Waals surface area (Å²) in [6.07, 6.45) is 6.44. The van der Waals surface area contributed by atoms with E-state index in [0.29, 0.717) is 6.04 Å². The molecule has 0 aromatic carbocycles. The molecule has 23 heavy (non-hydrogen) atoms. The molecule has 1 unspecified atom stereocenters. The van der Waals surface area contributed by atoms with Gasteiger partial charge in [0.2, 0.25) is 11.9 Å². The van der Waals surface area contributed by atoms with Crippen LogP contribution in [0.25, 0.3) is 0 Å². The monoisotopic (exact) mass is 313 g/mol. The molecule has 7 heteroatoms. The molecule has 0 bridgehead atoms. The van der Waals surface area contributed by atoms with Gasteiger partial charge in [-0.15, -0.1) is 0 Å². The predicted octanol–water partition coefficient (Wildman–Crippen LogP) is 1.80. The van der Waals surface area contributed by atoms with E-state index in [-0.39, 0.29) is 0 Å². The van der Waals surface area contributed by atoms with Gasteiger partial charge < -0.3 is 15.1 Å². The van der Waals surface area contributed by atoms with Crippen LogP contribution in [0.15, 0.2) is 30.7 Å². The minimum atomic E-state index is 0.407. The van der Waals surface area contributed by atoms with Crippen LogP contribution in [0.2, 0.25) is 0 Å². The first-order valence-corrected chi connectivity index (χ1v) is 8.12. The van der Waals surface area contributed by atoms with Crippen molar-refractivity contribution in [3.8, 4) is 0 Å². The van der Waals surface area contributed by atoms with Crippen LogP contribution in [0.3, 0.4) is 0 Å². The van der Waals surface area contributed by atoms with Gasteiger partial charge in [0.05, 0.1) is 0 Å². The highest BCUT2D eigenvalue weighted by atomic mass is 15.4. The van der Waals surface area contributed by atoms with Gasteiger partial charge >= 0.3 is 0 Å². The van der Waals surface area contributed by atoms with Crippen LogP contribution < -0.4 is 15.1 Å². The number of nitrogens with zero attached hydrogens (tertiary/aromatic N) is 6. The topological polar surface area (TPSA) is 70.1 Å². The summed E-state index contributed by atoms with van der Waals surface area (Å²) >= 11 is 0. The van der Waals surface area contributed by atoms with Crippen molar-refractivity contribution in [3.63, 3.8) is 0 Å². The molecule has 1 N–H and O–H groups in total. The normalized spacial score (nSPS) is 16.3. The molecule has 7 nitrogen and oxygen atoms in total. The molecule has 1 atom stereocenters. The number of aromatic nitrogens is 4. The molecule has 0 amide bonds. The minimum absolute atomic E-state index is 0.407. The van der Waals surface area contributed by atoms with Gasteiger partial charge in [0.25, 0.3) is 0 Å². The lowest BCUT2D eigenvalue weighted by Crippen LogP contribution is -2.47. The first kappa shape index (κ1) is 15.5. The Morgan fingerprint density at radius 1 is 1.00 bits per heavy atom. The average Bonchev–Trinajstić information content (AvgIpc) is 2.63. The lowest BCUT2D eigenvalue weighted by molar-refractivity contribution is 0.627. The van der Waals surface area contributed by atoms with E-state index in [9.17, 15) is 0 Å². The van der Waals surface area contributed by atoms with Crippen molar-refractivity contribution in [3.05, 3.63) is 30.7 Å². The van der Waals surface area contributed by atoms with E-state index in [4.69, 9.17) is 0 Å². The SMILES string of the molecule is CCC(C)Nc1ccnc(N2CCN(c3ncccn3)CC2)n1. The van der Waals surface area contributed by atoms with E-state index in [1.165, 1.54) is 0 Å². The molecular formula is C16H23N7. The minimum Gasteiger partial charge on any atom is -0.367 e. The number of piperazine rings is 1. The number of hydrogen-bond donors (Lipinski definition) is 1. The van der Waals surface area contributed by atoms with E-state index in [1.807, 2.05) is 18.3 Å². The third kappa shape index (κ3) is 3.85. The second-order valence-electron chi connectivity index (χ2n) is 5.72. The second kappa shape index (κ2) is 7.21. The van der Waals surface area contributed by atoms with Crippen molar-refractivity contribution in [2.75, 3.05) is 41.3 Å². The van der Waals surface area contributed by atoms with Crippen molar-refractivity contribution in [1.29, 1.82) is 0 Å². The molecule has 0 radical (unpaired) electrons. The molecule has 1 aliphatic heterocycles. The van der Waals surface area contributed by atoms with E-state index >= 15 is 0 Å². The summed E-state index contributed by atoms with van der Waals surface area (Å²) in [6.45, 7) is 7.79. The Morgan fingerprint density at radius 2 is 1.61 bits per heavy atom. The highest BCUT2D eigenvalue weighted by Gasteiger charge is 2.20. The highest BCUT2D eigenvalue weighted by molar-refractivity contribution is 5.43. The molecule has 2 aromatic heterocycles. The zero-order valence-electron chi connectivity index (χ0n) is 13.7. The number of anilines is 3. The van der Waals surface area contributed by atoms with Gasteiger partial charge in [-0.3, -0.25) is 0 Å². The van der Waals surface area contributed by atoms with E-state index < -0.39 is 0 Å². The van der Waals surface area contributed by atoms with Gasteiger partial charge in [0.15, 0.2) is 0 Å². The summed E-state index contributed by atoms with van der Waals surface area (Å²) in [5.74, 6) is 2.46. The van der Waals surface area contributed by atoms with Crippen molar-refractivity contribution in [2.45, 2.75) is 26.3 Å². The van der Waals surface area contributed by atoms with E-state index in [1.54, 1.807) is 12.4 Å². The number of hydrogen-bond acceptors (Lipinski definition) is 7. The van der Waals surface area contributed by atoms with Crippen molar-refractivity contribution < 1.29 is 0 Å². The van der Waals surface area contributed by atoms with Crippen molar-refractivity contribution in [1.82, 2.24) is 19.9 Å². The van der Waals surface area contributed by atoms with Crippen LogP contribution in [-0.2, 0) is 0 Å². The molecule has 0 aliphatic carbocycles. The summed E-state index contributed by atoms with van der Waals surface area (Å²) in [5.41, 5.74) is 0. The van der Waals surface area contributed by atoms with Crippen LogP contribution in [0, 0.1) is 0 Å². The second-order valence-corrected chi connectivity index (χ2v) is 5.72. The number of nitrogens with one attached hydrogen (secondary N) is 1. The van der Waals surface area contributed by atoms with Gasteiger partial charge in [0.1, 0.15) is 5.82 Å². The Hall–Kier alpha value is -2.44. The molecule has 3 rings (SSSR count). The Labute approximate surface area is 136 Å². The van der Waals surface area contributed by atoms with Crippen molar-refractivity contribution in [2.24, 2.45) is 0 Å². The first-order valence-electron chi connectivity index (χ1n) is 8.12. The lowest BCUT2D eigenvalue weighted by Gasteiger charge is -2.34. The van der Waals surface area contributed by atoms with E-state index in [2.05, 4.69) is 48.9 Å². The maximum Gasteiger partial charge on any atom is 0.227 e. The number of rotatable bonds is 5. The molecule has 0 spiro atoms. The molecule has 1 aliphatic rings. The van der Waals surface area contributed by atoms with Crippen LogP contribution in [0.5, 0.6) is 0 Å². The molecule has 1 fully saturated rings. The molecule has 3 heterocycles. The summed E-state index contributed by atoms with van der Waals surface area (Å²) in [4.78, 5) is 22.1. The van der Waals surface area contributed by atoms with Gasteiger partial charge in [-0.25, -0.2) is 15.0 Å². The Bertz CT molecular complexity index is 611. The molecule has 0 saturated carbocycles. The quantitative estimate of drug-likeness (QED) is 0.902.